The summed E-state index contributed by atoms with van der Waals surface area (Å²) < 4.78 is 2.81. The Kier molecular flexibility index (Phi) is 5.11. The molecule has 0 aliphatic carbocycles. The van der Waals surface area contributed by atoms with E-state index in [-0.39, 0.29) is 0 Å². The van der Waals surface area contributed by atoms with Crippen molar-refractivity contribution < 1.29 is 0 Å². The third-order valence-electron chi connectivity index (χ3n) is 5.58. The summed E-state index contributed by atoms with van der Waals surface area (Å²) in [6, 6.07) is 30.9. The van der Waals surface area contributed by atoms with Gasteiger partial charge in [0.25, 0.3) is 0 Å². The van der Waals surface area contributed by atoms with Crippen molar-refractivity contribution in [2.75, 3.05) is 0 Å². The first-order valence-corrected chi connectivity index (χ1v) is 13.8. The van der Waals surface area contributed by atoms with E-state index in [1.165, 1.54) is 60.9 Å². The van der Waals surface area contributed by atoms with Crippen LogP contribution in [0, 0.1) is 13.8 Å². The highest BCUT2D eigenvalue weighted by Crippen LogP contribution is 2.56. The summed E-state index contributed by atoms with van der Waals surface area (Å²) in [5, 5.41) is 0. The van der Waals surface area contributed by atoms with Crippen LogP contribution in [-0.4, -0.2) is 0 Å². The highest BCUT2D eigenvalue weighted by Gasteiger charge is 2.25. The molecule has 6 rings (SSSR count). The summed E-state index contributed by atoms with van der Waals surface area (Å²) in [4.78, 5) is 8.22. The zero-order valence-electron chi connectivity index (χ0n) is 17.7. The molecule has 156 valence electrons. The first kappa shape index (κ1) is 20.1. The minimum absolute atomic E-state index is 1.30. The first-order valence-electron chi connectivity index (χ1n) is 10.5. The maximum Gasteiger partial charge on any atom is 0.0549 e. The molecular formula is C28H20S4. The molecule has 0 atom stereocenters. The Balaban J connectivity index is 1.72. The molecule has 0 nitrogen and oxygen atoms in total. The summed E-state index contributed by atoms with van der Waals surface area (Å²) in [5.41, 5.74) is 5.37. The SMILES string of the molecule is Cc1ccc(-c2sc3c(-c4ccccc4)c(-c4ccc(C)s4)sc3c2-c2ccccc2)s1. The first-order chi connectivity index (χ1) is 15.7. The molecule has 0 amide bonds. The van der Waals surface area contributed by atoms with E-state index in [0.717, 1.165) is 0 Å². The fourth-order valence-corrected chi connectivity index (χ4v) is 9.06. The summed E-state index contributed by atoms with van der Waals surface area (Å²) in [7, 11) is 0. The number of fused-ring (bicyclic) bond motifs is 1. The maximum atomic E-state index is 2.29. The molecule has 0 N–H and O–H groups in total. The summed E-state index contributed by atoms with van der Waals surface area (Å²) in [5.74, 6) is 0. The van der Waals surface area contributed by atoms with E-state index in [2.05, 4.69) is 98.8 Å². The standard InChI is InChI=1S/C28H20S4/c1-17-13-15-21(29-17)25-23(19-9-5-3-6-10-19)27-28(31-25)24(20-11-7-4-8-12-20)26(32-27)22-16-14-18(2)30-22/h3-16H,1-2H3. The number of aryl methyl sites for hydroxylation is 2. The molecule has 6 aromatic rings. The topological polar surface area (TPSA) is 0 Å². The molecule has 0 fully saturated rings. The van der Waals surface area contributed by atoms with Crippen LogP contribution in [0.25, 0.3) is 51.2 Å². The van der Waals surface area contributed by atoms with Crippen LogP contribution in [0.1, 0.15) is 9.75 Å². The Morgan fingerprint density at radius 3 is 1.19 bits per heavy atom. The Morgan fingerprint density at radius 1 is 0.438 bits per heavy atom. The summed E-state index contributed by atoms with van der Waals surface area (Å²) in [6.45, 7) is 4.39. The molecule has 0 saturated heterocycles. The van der Waals surface area contributed by atoms with Gasteiger partial charge in [-0.25, -0.2) is 0 Å². The molecule has 0 spiro atoms. The van der Waals surface area contributed by atoms with Crippen molar-refractivity contribution >= 4 is 54.7 Å². The quantitative estimate of drug-likeness (QED) is 0.233. The van der Waals surface area contributed by atoms with Gasteiger partial charge in [-0.3, -0.25) is 0 Å². The highest BCUT2D eigenvalue weighted by molar-refractivity contribution is 7.35. The molecule has 0 bridgehead atoms. The van der Waals surface area contributed by atoms with Gasteiger partial charge in [-0.1, -0.05) is 60.7 Å². The fourth-order valence-electron chi connectivity index (χ4n) is 4.13. The highest BCUT2D eigenvalue weighted by atomic mass is 32.1. The van der Waals surface area contributed by atoms with Gasteiger partial charge in [-0.2, -0.15) is 0 Å². The molecule has 32 heavy (non-hydrogen) atoms. The zero-order valence-corrected chi connectivity index (χ0v) is 21.0. The van der Waals surface area contributed by atoms with Crippen LogP contribution in [0.2, 0.25) is 0 Å². The number of thiophene rings is 4. The van der Waals surface area contributed by atoms with E-state index < -0.39 is 0 Å². The molecule has 0 aliphatic rings. The van der Waals surface area contributed by atoms with Crippen LogP contribution in [0.3, 0.4) is 0 Å². The normalized spacial score (nSPS) is 11.4. The zero-order chi connectivity index (χ0) is 21.7. The van der Waals surface area contributed by atoms with Crippen molar-refractivity contribution in [1.29, 1.82) is 0 Å². The maximum absolute atomic E-state index is 2.29. The lowest BCUT2D eigenvalue weighted by Crippen LogP contribution is -1.76. The fraction of sp³-hybridized carbons (Fsp3) is 0.0714. The van der Waals surface area contributed by atoms with Crippen LogP contribution in [0.5, 0.6) is 0 Å². The van der Waals surface area contributed by atoms with Crippen LogP contribution in [0.4, 0.5) is 0 Å². The average Bonchev–Trinajstić information content (AvgIpc) is 3.58. The van der Waals surface area contributed by atoms with Crippen molar-refractivity contribution in [3.63, 3.8) is 0 Å². The van der Waals surface area contributed by atoms with Gasteiger partial charge in [0.1, 0.15) is 0 Å². The number of hydrogen-bond acceptors (Lipinski definition) is 4. The minimum Gasteiger partial charge on any atom is -0.140 e. The van der Waals surface area contributed by atoms with Crippen LogP contribution >= 0.6 is 45.3 Å². The second-order valence-electron chi connectivity index (χ2n) is 7.82. The molecule has 0 unspecified atom stereocenters. The number of rotatable bonds is 4. The lowest BCUT2D eigenvalue weighted by molar-refractivity contribution is 1.64. The van der Waals surface area contributed by atoms with Crippen LogP contribution in [-0.2, 0) is 0 Å². The van der Waals surface area contributed by atoms with Gasteiger partial charge in [0.15, 0.2) is 0 Å². The predicted octanol–water partition coefficient (Wildman–Crippen LogP) is 10.4. The number of benzene rings is 2. The van der Waals surface area contributed by atoms with Crippen molar-refractivity contribution in [2.45, 2.75) is 13.8 Å². The van der Waals surface area contributed by atoms with Gasteiger partial charge in [0.2, 0.25) is 0 Å². The van der Waals surface area contributed by atoms with Crippen molar-refractivity contribution in [1.82, 2.24) is 0 Å². The Morgan fingerprint density at radius 2 is 0.844 bits per heavy atom. The molecule has 4 heteroatoms. The Labute approximate surface area is 204 Å². The predicted molar refractivity (Wildman–Crippen MR) is 147 cm³/mol. The Hall–Kier alpha value is -2.50. The van der Waals surface area contributed by atoms with Crippen molar-refractivity contribution in [2.24, 2.45) is 0 Å². The third kappa shape index (κ3) is 3.39. The molecule has 2 aromatic carbocycles. The second-order valence-corrected chi connectivity index (χ2v) is 12.4. The van der Waals surface area contributed by atoms with Crippen molar-refractivity contribution in [3.05, 3.63) is 94.7 Å². The van der Waals surface area contributed by atoms with E-state index in [1.807, 2.05) is 45.3 Å². The van der Waals surface area contributed by atoms with E-state index in [9.17, 15) is 0 Å². The van der Waals surface area contributed by atoms with Gasteiger partial charge in [-0.15, -0.1) is 45.3 Å². The lowest BCUT2D eigenvalue weighted by Gasteiger charge is -2.04. The van der Waals surface area contributed by atoms with Gasteiger partial charge >= 0.3 is 0 Å². The minimum atomic E-state index is 1.30. The molecule has 0 saturated carbocycles. The molecule has 0 radical (unpaired) electrons. The van der Waals surface area contributed by atoms with Crippen LogP contribution in [0.15, 0.2) is 84.9 Å². The molecular weight excluding hydrogens is 465 g/mol. The average molecular weight is 485 g/mol. The third-order valence-corrected chi connectivity index (χ3v) is 10.5. The second kappa shape index (κ2) is 8.13. The summed E-state index contributed by atoms with van der Waals surface area (Å²) in [6.07, 6.45) is 0. The van der Waals surface area contributed by atoms with Gasteiger partial charge in [0, 0.05) is 30.6 Å². The van der Waals surface area contributed by atoms with Gasteiger partial charge in [-0.05, 0) is 49.2 Å². The van der Waals surface area contributed by atoms with E-state index >= 15 is 0 Å². The smallest absolute Gasteiger partial charge is 0.0549 e. The molecule has 0 aliphatic heterocycles. The number of hydrogen-bond donors (Lipinski definition) is 0. The summed E-state index contributed by atoms with van der Waals surface area (Å²) >= 11 is 7.69. The largest absolute Gasteiger partial charge is 0.140 e. The van der Waals surface area contributed by atoms with E-state index in [4.69, 9.17) is 0 Å². The van der Waals surface area contributed by atoms with E-state index in [0.29, 0.717) is 0 Å². The van der Waals surface area contributed by atoms with E-state index in [1.54, 1.807) is 0 Å². The monoisotopic (exact) mass is 484 g/mol. The van der Waals surface area contributed by atoms with Crippen molar-refractivity contribution in [3.8, 4) is 41.8 Å². The van der Waals surface area contributed by atoms with Crippen LogP contribution < -0.4 is 0 Å². The van der Waals surface area contributed by atoms with Gasteiger partial charge in [0.05, 0.1) is 19.2 Å². The van der Waals surface area contributed by atoms with Gasteiger partial charge < -0.3 is 0 Å². The molecule has 4 aromatic heterocycles. The molecule has 4 heterocycles. The Bertz CT molecular complexity index is 1410. The lowest BCUT2D eigenvalue weighted by atomic mass is 10.0.